The second kappa shape index (κ2) is 6.70. The van der Waals surface area contributed by atoms with Gasteiger partial charge in [0.1, 0.15) is 0 Å². The summed E-state index contributed by atoms with van der Waals surface area (Å²) in [5.74, 6) is 0. The van der Waals surface area contributed by atoms with Gasteiger partial charge in [-0.15, -0.1) is 0 Å². The summed E-state index contributed by atoms with van der Waals surface area (Å²) in [6, 6.07) is -0.0629. The average molecular weight is 306 g/mol. The first-order valence-electron chi connectivity index (χ1n) is 7.45. The van der Waals surface area contributed by atoms with Gasteiger partial charge in [0.15, 0.2) is 0 Å². The van der Waals surface area contributed by atoms with Crippen molar-refractivity contribution in [1.29, 1.82) is 0 Å². The molecule has 1 unspecified atom stereocenters. The monoisotopic (exact) mass is 306 g/mol. The van der Waals surface area contributed by atoms with E-state index in [4.69, 9.17) is 4.74 Å². The SMILES string of the molecule is COCC1CCCN1S(=O)(=O)NCCC1(O)CCCC1. The summed E-state index contributed by atoms with van der Waals surface area (Å²) >= 11 is 0. The van der Waals surface area contributed by atoms with Crippen LogP contribution in [0.25, 0.3) is 0 Å². The average Bonchev–Trinajstić information content (AvgIpc) is 2.99. The Labute approximate surface area is 121 Å². The summed E-state index contributed by atoms with van der Waals surface area (Å²) in [6.45, 7) is 1.29. The van der Waals surface area contributed by atoms with Crippen molar-refractivity contribution in [3.63, 3.8) is 0 Å². The van der Waals surface area contributed by atoms with Crippen LogP contribution in [0.15, 0.2) is 0 Å². The molecule has 0 aromatic heterocycles. The highest BCUT2D eigenvalue weighted by atomic mass is 32.2. The molecule has 20 heavy (non-hydrogen) atoms. The Morgan fingerprint density at radius 3 is 2.70 bits per heavy atom. The number of hydrogen-bond donors (Lipinski definition) is 2. The van der Waals surface area contributed by atoms with Gasteiger partial charge in [0.2, 0.25) is 0 Å². The number of nitrogens with zero attached hydrogens (tertiary/aromatic N) is 1. The molecule has 118 valence electrons. The molecule has 0 bridgehead atoms. The molecular formula is C13H26N2O4S. The molecule has 1 heterocycles. The van der Waals surface area contributed by atoms with E-state index in [1.54, 1.807) is 7.11 Å². The lowest BCUT2D eigenvalue weighted by Crippen LogP contribution is -2.46. The third-order valence-electron chi connectivity index (χ3n) is 4.40. The summed E-state index contributed by atoms with van der Waals surface area (Å²) in [7, 11) is -1.87. The highest BCUT2D eigenvalue weighted by Crippen LogP contribution is 2.32. The second-order valence-corrected chi connectivity index (χ2v) is 7.65. The van der Waals surface area contributed by atoms with Crippen LogP contribution in [-0.4, -0.2) is 56.3 Å². The van der Waals surface area contributed by atoms with Crippen molar-refractivity contribution in [2.45, 2.75) is 56.6 Å². The van der Waals surface area contributed by atoms with E-state index < -0.39 is 15.8 Å². The topological polar surface area (TPSA) is 78.9 Å². The first-order valence-corrected chi connectivity index (χ1v) is 8.89. The standard InChI is InChI=1S/C13H26N2O4S/c1-19-11-12-5-4-10-15(12)20(17,18)14-9-8-13(16)6-2-3-7-13/h12,14,16H,2-11H2,1H3. The van der Waals surface area contributed by atoms with Gasteiger partial charge < -0.3 is 9.84 Å². The van der Waals surface area contributed by atoms with Gasteiger partial charge >= 0.3 is 0 Å². The van der Waals surface area contributed by atoms with E-state index in [9.17, 15) is 13.5 Å². The molecule has 7 heteroatoms. The minimum Gasteiger partial charge on any atom is -0.390 e. The van der Waals surface area contributed by atoms with Gasteiger partial charge in [0.05, 0.1) is 12.2 Å². The molecule has 1 aliphatic heterocycles. The van der Waals surface area contributed by atoms with Crippen LogP contribution in [0.3, 0.4) is 0 Å². The molecular weight excluding hydrogens is 280 g/mol. The number of rotatable bonds is 7. The molecule has 0 aromatic rings. The smallest absolute Gasteiger partial charge is 0.279 e. The van der Waals surface area contributed by atoms with Crippen molar-refractivity contribution in [3.8, 4) is 0 Å². The Balaban J connectivity index is 1.84. The minimum absolute atomic E-state index is 0.0629. The van der Waals surface area contributed by atoms with E-state index in [1.165, 1.54) is 4.31 Å². The lowest BCUT2D eigenvalue weighted by Gasteiger charge is -2.26. The zero-order valence-corrected chi connectivity index (χ0v) is 13.0. The number of ether oxygens (including phenoxy) is 1. The van der Waals surface area contributed by atoms with Crippen LogP contribution in [0.4, 0.5) is 0 Å². The Morgan fingerprint density at radius 2 is 2.05 bits per heavy atom. The molecule has 2 rings (SSSR count). The van der Waals surface area contributed by atoms with E-state index in [1.807, 2.05) is 0 Å². The van der Waals surface area contributed by atoms with Crippen LogP contribution >= 0.6 is 0 Å². The van der Waals surface area contributed by atoms with E-state index >= 15 is 0 Å². The molecule has 0 spiro atoms. The minimum atomic E-state index is -3.46. The molecule has 1 saturated carbocycles. The van der Waals surface area contributed by atoms with Crippen molar-refractivity contribution >= 4 is 10.2 Å². The summed E-state index contributed by atoms with van der Waals surface area (Å²) in [6.07, 6.45) is 5.85. The van der Waals surface area contributed by atoms with E-state index in [0.29, 0.717) is 26.1 Å². The molecule has 1 atom stereocenters. The maximum Gasteiger partial charge on any atom is 0.279 e. The first-order chi connectivity index (χ1) is 9.47. The highest BCUT2D eigenvalue weighted by molar-refractivity contribution is 7.87. The number of aliphatic hydroxyl groups is 1. The molecule has 1 saturated heterocycles. The van der Waals surface area contributed by atoms with E-state index in [2.05, 4.69) is 4.72 Å². The molecule has 0 amide bonds. The molecule has 1 aliphatic carbocycles. The van der Waals surface area contributed by atoms with Crippen LogP contribution in [0.2, 0.25) is 0 Å². The van der Waals surface area contributed by atoms with Crippen molar-refractivity contribution in [2.24, 2.45) is 0 Å². The second-order valence-electron chi connectivity index (χ2n) is 5.94. The van der Waals surface area contributed by atoms with E-state index in [0.717, 1.165) is 38.5 Å². The van der Waals surface area contributed by atoms with Crippen molar-refractivity contribution in [2.75, 3.05) is 26.8 Å². The predicted octanol–water partition coefficient (Wildman–Crippen LogP) is 0.627. The van der Waals surface area contributed by atoms with Crippen LogP contribution in [0.1, 0.15) is 44.9 Å². The van der Waals surface area contributed by atoms with Gasteiger partial charge in [-0.05, 0) is 32.1 Å². The summed E-state index contributed by atoms with van der Waals surface area (Å²) in [5.41, 5.74) is -0.667. The fraction of sp³-hybridized carbons (Fsp3) is 1.00. The van der Waals surface area contributed by atoms with Crippen molar-refractivity contribution < 1.29 is 18.3 Å². The largest absolute Gasteiger partial charge is 0.390 e. The highest BCUT2D eigenvalue weighted by Gasteiger charge is 2.35. The van der Waals surface area contributed by atoms with Gasteiger partial charge in [0, 0.05) is 26.2 Å². The van der Waals surface area contributed by atoms with Crippen LogP contribution in [-0.2, 0) is 14.9 Å². The lowest BCUT2D eigenvalue weighted by molar-refractivity contribution is 0.0404. The summed E-state index contributed by atoms with van der Waals surface area (Å²) in [4.78, 5) is 0. The van der Waals surface area contributed by atoms with Crippen LogP contribution in [0, 0.1) is 0 Å². The normalized spacial score (nSPS) is 27.2. The molecule has 2 aliphatic rings. The quantitative estimate of drug-likeness (QED) is 0.723. The Bertz CT molecular complexity index is 407. The number of nitrogens with one attached hydrogen (secondary N) is 1. The number of methoxy groups -OCH3 is 1. The number of hydrogen-bond acceptors (Lipinski definition) is 4. The Hall–Kier alpha value is -0.210. The zero-order valence-electron chi connectivity index (χ0n) is 12.2. The predicted molar refractivity (Wildman–Crippen MR) is 76.6 cm³/mol. The zero-order chi connectivity index (χ0) is 14.6. The molecule has 6 nitrogen and oxygen atoms in total. The Kier molecular flexibility index (Phi) is 5.42. The summed E-state index contributed by atoms with van der Waals surface area (Å²) in [5, 5.41) is 10.2. The third kappa shape index (κ3) is 3.92. The van der Waals surface area contributed by atoms with Gasteiger partial charge in [-0.25, -0.2) is 4.72 Å². The fourth-order valence-electron chi connectivity index (χ4n) is 3.26. The van der Waals surface area contributed by atoms with Crippen molar-refractivity contribution in [3.05, 3.63) is 0 Å². The van der Waals surface area contributed by atoms with Crippen LogP contribution < -0.4 is 4.72 Å². The molecule has 0 aromatic carbocycles. The maximum atomic E-state index is 12.3. The molecule has 2 N–H and O–H groups in total. The lowest BCUT2D eigenvalue weighted by atomic mass is 9.98. The Morgan fingerprint density at radius 1 is 1.35 bits per heavy atom. The first kappa shape index (κ1) is 16.2. The van der Waals surface area contributed by atoms with E-state index in [-0.39, 0.29) is 6.04 Å². The van der Waals surface area contributed by atoms with Gasteiger partial charge in [-0.1, -0.05) is 12.8 Å². The van der Waals surface area contributed by atoms with Gasteiger partial charge in [-0.3, -0.25) is 0 Å². The molecule has 2 fully saturated rings. The summed E-state index contributed by atoms with van der Waals surface area (Å²) < 4.78 is 33.7. The molecule has 0 radical (unpaired) electrons. The maximum absolute atomic E-state index is 12.3. The van der Waals surface area contributed by atoms with Gasteiger partial charge in [0.25, 0.3) is 10.2 Å². The fourth-order valence-corrected chi connectivity index (χ4v) is 4.72. The third-order valence-corrected chi connectivity index (χ3v) is 6.07. The van der Waals surface area contributed by atoms with Gasteiger partial charge in [-0.2, -0.15) is 12.7 Å². The van der Waals surface area contributed by atoms with Crippen LogP contribution in [0.5, 0.6) is 0 Å². The van der Waals surface area contributed by atoms with Crippen molar-refractivity contribution in [1.82, 2.24) is 9.03 Å².